The molecule has 6 nitrogen and oxygen atoms in total. The number of amides is 1. The van der Waals surface area contributed by atoms with E-state index in [1.807, 2.05) is 6.07 Å². The van der Waals surface area contributed by atoms with Crippen molar-refractivity contribution in [3.8, 4) is 11.9 Å². The van der Waals surface area contributed by atoms with Gasteiger partial charge in [-0.2, -0.15) is 5.26 Å². The number of carbonyl (C=O) groups excluding carboxylic acids is 1. The van der Waals surface area contributed by atoms with E-state index in [2.05, 4.69) is 4.98 Å². The van der Waals surface area contributed by atoms with Crippen molar-refractivity contribution in [1.82, 2.24) is 9.88 Å². The maximum Gasteiger partial charge on any atom is 0.410 e. The van der Waals surface area contributed by atoms with Crippen molar-refractivity contribution in [2.45, 2.75) is 13.0 Å². The molecule has 2 rings (SSSR count). The zero-order valence-corrected chi connectivity index (χ0v) is 10.00. The summed E-state index contributed by atoms with van der Waals surface area (Å²) in [7, 11) is 0. The fourth-order valence-corrected chi connectivity index (χ4v) is 1.60. The lowest BCUT2D eigenvalue weighted by Gasteiger charge is -2.37. The van der Waals surface area contributed by atoms with Crippen molar-refractivity contribution in [3.63, 3.8) is 0 Å². The van der Waals surface area contributed by atoms with Crippen LogP contribution in [0.2, 0.25) is 0 Å². The monoisotopic (exact) mass is 247 g/mol. The zero-order valence-electron chi connectivity index (χ0n) is 10.00. The lowest BCUT2D eigenvalue weighted by atomic mass is 10.2. The minimum Gasteiger partial charge on any atom is -0.470 e. The van der Waals surface area contributed by atoms with E-state index in [0.29, 0.717) is 31.1 Å². The number of ether oxygens (including phenoxy) is 2. The van der Waals surface area contributed by atoms with Crippen LogP contribution in [0.4, 0.5) is 4.79 Å². The quantitative estimate of drug-likeness (QED) is 0.801. The zero-order chi connectivity index (χ0) is 13.0. The fourth-order valence-electron chi connectivity index (χ4n) is 1.60. The summed E-state index contributed by atoms with van der Waals surface area (Å²) in [6.45, 7) is 3.04. The van der Waals surface area contributed by atoms with Crippen molar-refractivity contribution in [2.24, 2.45) is 0 Å². The van der Waals surface area contributed by atoms with Crippen LogP contribution >= 0.6 is 0 Å². The molecule has 2 heterocycles. The Kier molecular flexibility index (Phi) is 3.63. The maximum atomic E-state index is 11.3. The standard InChI is InChI=1S/C12H13N3O3/c1-2-17-12(16)15-7-10(8-15)18-11-9(6-13)4-3-5-14-11/h3-5,10H,2,7-8H2,1H3. The molecular weight excluding hydrogens is 234 g/mol. The summed E-state index contributed by atoms with van der Waals surface area (Å²) in [6.07, 6.45) is 1.10. The predicted octanol–water partition coefficient (Wildman–Crippen LogP) is 1.17. The third-order valence-electron chi connectivity index (χ3n) is 2.54. The van der Waals surface area contributed by atoms with Gasteiger partial charge in [0.1, 0.15) is 17.7 Å². The summed E-state index contributed by atoms with van der Waals surface area (Å²) in [5.41, 5.74) is 0.395. The Bertz CT molecular complexity index is 478. The molecule has 1 aromatic rings. The topological polar surface area (TPSA) is 75.4 Å². The van der Waals surface area contributed by atoms with E-state index >= 15 is 0 Å². The van der Waals surface area contributed by atoms with Gasteiger partial charge >= 0.3 is 6.09 Å². The Morgan fingerprint density at radius 3 is 3.11 bits per heavy atom. The Morgan fingerprint density at radius 1 is 1.67 bits per heavy atom. The molecule has 1 aliphatic rings. The van der Waals surface area contributed by atoms with Crippen molar-refractivity contribution in [3.05, 3.63) is 23.9 Å². The maximum absolute atomic E-state index is 11.3. The van der Waals surface area contributed by atoms with Gasteiger partial charge in [0.2, 0.25) is 5.88 Å². The molecule has 0 atom stereocenters. The van der Waals surface area contributed by atoms with Gasteiger partial charge in [0.05, 0.1) is 19.7 Å². The van der Waals surface area contributed by atoms with Crippen LogP contribution in [0, 0.1) is 11.3 Å². The Hall–Kier alpha value is -2.29. The number of likely N-dealkylation sites (tertiary alicyclic amines) is 1. The molecule has 0 radical (unpaired) electrons. The van der Waals surface area contributed by atoms with Gasteiger partial charge in [-0.3, -0.25) is 0 Å². The van der Waals surface area contributed by atoms with Gasteiger partial charge in [0.25, 0.3) is 0 Å². The molecule has 0 saturated carbocycles. The normalized spacial score (nSPS) is 14.6. The summed E-state index contributed by atoms with van der Waals surface area (Å²) >= 11 is 0. The third kappa shape index (κ3) is 2.51. The van der Waals surface area contributed by atoms with Gasteiger partial charge in [-0.25, -0.2) is 9.78 Å². The van der Waals surface area contributed by atoms with Gasteiger partial charge in [-0.1, -0.05) is 0 Å². The van der Waals surface area contributed by atoms with E-state index in [-0.39, 0.29) is 12.2 Å². The first kappa shape index (κ1) is 12.2. The van der Waals surface area contributed by atoms with Crippen LogP contribution in [0.3, 0.4) is 0 Å². The van der Waals surface area contributed by atoms with Gasteiger partial charge in [-0.15, -0.1) is 0 Å². The van der Waals surface area contributed by atoms with Crippen molar-refractivity contribution in [1.29, 1.82) is 5.26 Å². The molecule has 0 aliphatic carbocycles. The number of rotatable bonds is 3. The SMILES string of the molecule is CCOC(=O)N1CC(Oc2ncccc2C#N)C1. The molecule has 1 aliphatic heterocycles. The smallest absolute Gasteiger partial charge is 0.410 e. The summed E-state index contributed by atoms with van der Waals surface area (Å²) in [5, 5.41) is 8.88. The molecule has 1 saturated heterocycles. The van der Waals surface area contributed by atoms with Crippen LogP contribution in [0.25, 0.3) is 0 Å². The van der Waals surface area contributed by atoms with E-state index in [9.17, 15) is 4.79 Å². The van der Waals surface area contributed by atoms with E-state index in [4.69, 9.17) is 14.7 Å². The summed E-state index contributed by atoms with van der Waals surface area (Å²) in [4.78, 5) is 16.9. The first-order valence-electron chi connectivity index (χ1n) is 5.68. The molecule has 0 bridgehead atoms. The van der Waals surface area contributed by atoms with Crippen LogP contribution in [0.15, 0.2) is 18.3 Å². The molecule has 1 amide bonds. The molecular formula is C12H13N3O3. The summed E-state index contributed by atoms with van der Waals surface area (Å²) < 4.78 is 10.4. The highest BCUT2D eigenvalue weighted by Crippen LogP contribution is 2.19. The van der Waals surface area contributed by atoms with Gasteiger partial charge < -0.3 is 14.4 Å². The minimum atomic E-state index is -0.334. The van der Waals surface area contributed by atoms with E-state index < -0.39 is 0 Å². The van der Waals surface area contributed by atoms with Gasteiger partial charge in [0.15, 0.2) is 0 Å². The number of aromatic nitrogens is 1. The van der Waals surface area contributed by atoms with E-state index in [1.165, 1.54) is 0 Å². The van der Waals surface area contributed by atoms with E-state index in [1.54, 1.807) is 30.2 Å². The molecule has 0 unspecified atom stereocenters. The molecule has 1 aromatic heterocycles. The van der Waals surface area contributed by atoms with Gasteiger partial charge in [0, 0.05) is 6.20 Å². The average molecular weight is 247 g/mol. The van der Waals surface area contributed by atoms with Crippen molar-refractivity contribution < 1.29 is 14.3 Å². The Morgan fingerprint density at radius 2 is 2.44 bits per heavy atom. The van der Waals surface area contributed by atoms with Crippen LogP contribution in [0.5, 0.6) is 5.88 Å². The van der Waals surface area contributed by atoms with Crippen LogP contribution in [-0.2, 0) is 4.74 Å². The molecule has 94 valence electrons. The van der Waals surface area contributed by atoms with Crippen LogP contribution < -0.4 is 4.74 Å². The number of nitriles is 1. The second kappa shape index (κ2) is 5.36. The Labute approximate surface area is 105 Å². The molecule has 18 heavy (non-hydrogen) atoms. The van der Waals surface area contributed by atoms with Crippen LogP contribution in [0.1, 0.15) is 12.5 Å². The van der Waals surface area contributed by atoms with Crippen LogP contribution in [-0.4, -0.2) is 41.8 Å². The highest BCUT2D eigenvalue weighted by molar-refractivity contribution is 5.68. The second-order valence-electron chi connectivity index (χ2n) is 3.81. The highest BCUT2D eigenvalue weighted by Gasteiger charge is 2.33. The lowest BCUT2D eigenvalue weighted by Crippen LogP contribution is -2.56. The number of hydrogen-bond donors (Lipinski definition) is 0. The van der Waals surface area contributed by atoms with Gasteiger partial charge in [-0.05, 0) is 19.1 Å². The number of carbonyl (C=O) groups is 1. The largest absolute Gasteiger partial charge is 0.470 e. The third-order valence-corrected chi connectivity index (χ3v) is 2.54. The average Bonchev–Trinajstić information content (AvgIpc) is 2.33. The van der Waals surface area contributed by atoms with E-state index in [0.717, 1.165) is 0 Å². The first-order valence-corrected chi connectivity index (χ1v) is 5.68. The molecule has 0 aromatic carbocycles. The summed E-state index contributed by atoms with van der Waals surface area (Å²) in [6, 6.07) is 5.33. The lowest BCUT2D eigenvalue weighted by molar-refractivity contribution is 0.0106. The number of pyridine rings is 1. The number of hydrogen-bond acceptors (Lipinski definition) is 5. The second-order valence-corrected chi connectivity index (χ2v) is 3.81. The highest BCUT2D eigenvalue weighted by atomic mass is 16.6. The fraction of sp³-hybridized carbons (Fsp3) is 0.417. The molecule has 1 fully saturated rings. The minimum absolute atomic E-state index is 0.128. The first-order chi connectivity index (χ1) is 8.74. The molecule has 6 heteroatoms. The Balaban J connectivity index is 1.87. The summed E-state index contributed by atoms with van der Waals surface area (Å²) in [5.74, 6) is 0.313. The number of nitrogens with zero attached hydrogens (tertiary/aromatic N) is 3. The molecule has 0 spiro atoms. The van der Waals surface area contributed by atoms with Crippen molar-refractivity contribution in [2.75, 3.05) is 19.7 Å². The molecule has 0 N–H and O–H groups in total. The predicted molar refractivity (Wildman–Crippen MR) is 62.0 cm³/mol. The van der Waals surface area contributed by atoms with Crippen molar-refractivity contribution >= 4 is 6.09 Å².